The molecule has 0 saturated carbocycles. The number of hydrogen-bond donors (Lipinski definition) is 6. The molecule has 1 fully saturated rings. The molecule has 10 nitrogen and oxygen atoms in total. The Balaban J connectivity index is 2.55. The summed E-state index contributed by atoms with van der Waals surface area (Å²) in [6.07, 6.45) is 0. The second-order valence-corrected chi connectivity index (χ2v) is 5.47. The molecule has 0 radical (unpaired) electrons. The molecule has 0 unspecified atom stereocenters. The lowest BCUT2D eigenvalue weighted by Gasteiger charge is -2.35. The molecule has 1 aliphatic heterocycles. The van der Waals surface area contributed by atoms with Crippen molar-refractivity contribution >= 4 is 11.8 Å². The highest BCUT2D eigenvalue weighted by Gasteiger charge is 2.32. The van der Waals surface area contributed by atoms with Crippen LogP contribution < -0.4 is 10.6 Å². The number of hydrogen-bond acceptors (Lipinski definition) is 8. The summed E-state index contributed by atoms with van der Waals surface area (Å²) in [5.41, 5.74) is 0. The Morgan fingerprint density at radius 3 is 1.21 bits per heavy atom. The molecular formula is C14H28N4O6. The maximum absolute atomic E-state index is 12.3. The Labute approximate surface area is 141 Å². The van der Waals surface area contributed by atoms with Crippen LogP contribution in [0.2, 0.25) is 0 Å². The van der Waals surface area contributed by atoms with Gasteiger partial charge in [0.05, 0.1) is 38.5 Å². The molecule has 1 aliphatic rings. The third kappa shape index (κ3) is 5.96. The van der Waals surface area contributed by atoms with Crippen molar-refractivity contribution in [3.63, 3.8) is 0 Å². The zero-order chi connectivity index (χ0) is 17.9. The molecule has 10 heteroatoms. The summed E-state index contributed by atoms with van der Waals surface area (Å²) in [7, 11) is 0. The maximum Gasteiger partial charge on any atom is 0.241 e. The van der Waals surface area contributed by atoms with E-state index in [0.717, 1.165) is 0 Å². The lowest BCUT2D eigenvalue weighted by atomic mass is 10.1. The van der Waals surface area contributed by atoms with Crippen molar-refractivity contribution < 1.29 is 30.0 Å². The molecule has 2 amide bonds. The topological polar surface area (TPSA) is 146 Å². The van der Waals surface area contributed by atoms with Gasteiger partial charge in [-0.05, 0) is 0 Å². The van der Waals surface area contributed by atoms with Crippen molar-refractivity contribution in [3.05, 3.63) is 0 Å². The number of carbonyl (C=O) groups is 2. The molecule has 1 saturated heterocycles. The number of nitrogens with zero attached hydrogens (tertiary/aromatic N) is 2. The molecule has 140 valence electrons. The van der Waals surface area contributed by atoms with Crippen molar-refractivity contribution in [2.75, 3.05) is 65.7 Å². The fraction of sp³-hybridized carbons (Fsp3) is 0.857. The van der Waals surface area contributed by atoms with Gasteiger partial charge in [0.2, 0.25) is 11.8 Å². The van der Waals surface area contributed by atoms with Gasteiger partial charge in [-0.25, -0.2) is 0 Å². The number of piperazine rings is 1. The van der Waals surface area contributed by atoms with Crippen molar-refractivity contribution in [3.8, 4) is 0 Å². The fourth-order valence-electron chi connectivity index (χ4n) is 2.60. The van der Waals surface area contributed by atoms with Gasteiger partial charge in [-0.15, -0.1) is 0 Å². The Morgan fingerprint density at radius 2 is 1.00 bits per heavy atom. The van der Waals surface area contributed by atoms with E-state index in [1.54, 1.807) is 0 Å². The molecule has 24 heavy (non-hydrogen) atoms. The van der Waals surface area contributed by atoms with Gasteiger partial charge < -0.3 is 40.9 Å². The van der Waals surface area contributed by atoms with Crippen molar-refractivity contribution in [2.24, 2.45) is 0 Å². The van der Waals surface area contributed by atoms with Crippen molar-refractivity contribution in [1.29, 1.82) is 0 Å². The first-order valence-corrected chi connectivity index (χ1v) is 8.06. The molecule has 1 heterocycles. The molecule has 6 N–H and O–H groups in total. The minimum Gasteiger partial charge on any atom is -0.395 e. The summed E-state index contributed by atoms with van der Waals surface area (Å²) in [4.78, 5) is 27.4. The Bertz CT molecular complexity index is 341. The van der Waals surface area contributed by atoms with Gasteiger partial charge in [-0.2, -0.15) is 0 Å². The van der Waals surface area contributed by atoms with Gasteiger partial charge in [-0.3, -0.25) is 9.59 Å². The van der Waals surface area contributed by atoms with Crippen molar-refractivity contribution in [2.45, 2.75) is 12.1 Å². The molecule has 0 aromatic rings. The SMILES string of the molecule is O=C([C@@H]1CN[C@@H](C(=O)N(CCO)CCO)CN1)N(CCO)CCO. The minimum atomic E-state index is -0.545. The van der Waals surface area contributed by atoms with E-state index >= 15 is 0 Å². The smallest absolute Gasteiger partial charge is 0.241 e. The van der Waals surface area contributed by atoms with Gasteiger partial charge in [0.25, 0.3) is 0 Å². The minimum absolute atomic E-state index is 0.140. The molecule has 0 aromatic heterocycles. The Hall–Kier alpha value is -1.30. The largest absolute Gasteiger partial charge is 0.395 e. The quantitative estimate of drug-likeness (QED) is 0.232. The highest BCUT2D eigenvalue weighted by Crippen LogP contribution is 2.03. The first-order valence-electron chi connectivity index (χ1n) is 8.06. The Kier molecular flexibility index (Phi) is 9.76. The van der Waals surface area contributed by atoms with Crippen LogP contribution in [-0.4, -0.2) is 120 Å². The maximum atomic E-state index is 12.3. The predicted molar refractivity (Wildman–Crippen MR) is 85.1 cm³/mol. The summed E-state index contributed by atoms with van der Waals surface area (Å²) < 4.78 is 0. The van der Waals surface area contributed by atoms with E-state index < -0.39 is 12.1 Å². The third-order valence-corrected chi connectivity index (χ3v) is 3.84. The summed E-state index contributed by atoms with van der Waals surface area (Å²) >= 11 is 0. The summed E-state index contributed by atoms with van der Waals surface area (Å²) in [6, 6.07) is -1.09. The van der Waals surface area contributed by atoms with Crippen molar-refractivity contribution in [1.82, 2.24) is 20.4 Å². The van der Waals surface area contributed by atoms with E-state index in [-0.39, 0.29) is 77.5 Å². The molecular weight excluding hydrogens is 320 g/mol. The van der Waals surface area contributed by atoms with Crippen LogP contribution in [0, 0.1) is 0 Å². The van der Waals surface area contributed by atoms with Gasteiger partial charge in [0, 0.05) is 39.3 Å². The van der Waals surface area contributed by atoms with E-state index in [0.29, 0.717) is 0 Å². The van der Waals surface area contributed by atoms with E-state index in [2.05, 4.69) is 10.6 Å². The molecule has 2 atom stereocenters. The Morgan fingerprint density at radius 1 is 0.708 bits per heavy atom. The summed E-state index contributed by atoms with van der Waals surface area (Å²) in [5.74, 6) is -0.502. The number of carbonyl (C=O) groups excluding carboxylic acids is 2. The van der Waals surface area contributed by atoms with E-state index in [1.165, 1.54) is 9.80 Å². The highest BCUT2D eigenvalue weighted by atomic mass is 16.3. The zero-order valence-corrected chi connectivity index (χ0v) is 13.7. The number of amides is 2. The van der Waals surface area contributed by atoms with Gasteiger partial charge in [-0.1, -0.05) is 0 Å². The number of rotatable bonds is 10. The second-order valence-electron chi connectivity index (χ2n) is 5.47. The number of nitrogens with one attached hydrogen (secondary N) is 2. The van der Waals surface area contributed by atoms with Crippen LogP contribution in [0.25, 0.3) is 0 Å². The molecule has 1 rings (SSSR count). The third-order valence-electron chi connectivity index (χ3n) is 3.84. The molecule has 0 aliphatic carbocycles. The standard InChI is InChI=1S/C14H28N4O6/c19-5-1-17(2-6-20)13(23)11-9-16-12(10-15-11)14(24)18(3-7-21)4-8-22/h11-12,15-16,19-22H,1-10H2/t11-,12+. The molecule has 0 aromatic carbocycles. The van der Waals surface area contributed by atoms with E-state index in [4.69, 9.17) is 20.4 Å². The fourth-order valence-corrected chi connectivity index (χ4v) is 2.60. The predicted octanol–water partition coefficient (Wildman–Crippen LogP) is -4.46. The van der Waals surface area contributed by atoms with E-state index in [1.807, 2.05) is 0 Å². The van der Waals surface area contributed by atoms with Gasteiger partial charge in [0.1, 0.15) is 0 Å². The lowest BCUT2D eigenvalue weighted by Crippen LogP contribution is -2.64. The summed E-state index contributed by atoms with van der Waals surface area (Å²) in [5, 5.41) is 41.9. The first kappa shape index (κ1) is 20.7. The summed E-state index contributed by atoms with van der Waals surface area (Å²) in [6.45, 7) is 0.259. The second kappa shape index (κ2) is 11.3. The van der Waals surface area contributed by atoms with Crippen LogP contribution in [0.1, 0.15) is 0 Å². The number of aliphatic hydroxyl groups is 4. The van der Waals surface area contributed by atoms with Crippen LogP contribution in [-0.2, 0) is 9.59 Å². The zero-order valence-electron chi connectivity index (χ0n) is 13.7. The number of aliphatic hydroxyl groups excluding tert-OH is 4. The van der Waals surface area contributed by atoms with Gasteiger partial charge in [0.15, 0.2) is 0 Å². The van der Waals surface area contributed by atoms with Gasteiger partial charge >= 0.3 is 0 Å². The monoisotopic (exact) mass is 348 g/mol. The van der Waals surface area contributed by atoms with Crippen LogP contribution in [0.15, 0.2) is 0 Å². The first-order chi connectivity index (χ1) is 11.6. The molecule has 0 spiro atoms. The van der Waals surface area contributed by atoms with Crippen LogP contribution in [0.4, 0.5) is 0 Å². The highest BCUT2D eigenvalue weighted by molar-refractivity contribution is 5.85. The van der Waals surface area contributed by atoms with E-state index in [9.17, 15) is 9.59 Å². The lowest BCUT2D eigenvalue weighted by molar-refractivity contribution is -0.138. The average molecular weight is 348 g/mol. The van der Waals surface area contributed by atoms with Crippen LogP contribution in [0.3, 0.4) is 0 Å². The normalized spacial score (nSPS) is 20.7. The van der Waals surface area contributed by atoms with Crippen LogP contribution in [0.5, 0.6) is 0 Å². The average Bonchev–Trinajstić information content (AvgIpc) is 2.60. The molecule has 0 bridgehead atoms. The van der Waals surface area contributed by atoms with Crippen LogP contribution >= 0.6 is 0 Å².